The van der Waals surface area contributed by atoms with Gasteiger partial charge in [0, 0.05) is 25.2 Å². The molecule has 1 aliphatic rings. The smallest absolute Gasteiger partial charge is 0.472 e. The molecule has 354 valence electrons. The number of esters is 2. The van der Waals surface area contributed by atoms with Gasteiger partial charge in [-0.15, -0.1) is 0 Å². The van der Waals surface area contributed by atoms with E-state index in [1.54, 1.807) is 12.2 Å². The summed E-state index contributed by atoms with van der Waals surface area (Å²) in [4.78, 5) is 58.8. The lowest BCUT2D eigenvalue weighted by molar-refractivity contribution is -0.161. The predicted octanol–water partition coefficient (Wildman–Crippen LogP) is 9.21. The molecule has 0 aromatic rings. The average Bonchev–Trinajstić information content (AvgIpc) is 3.49. The fraction of sp³-hybridized carbons (Fsp3) is 0.826. The number of phosphoric acid groups is 1. The van der Waals surface area contributed by atoms with Gasteiger partial charge in [0.05, 0.1) is 25.4 Å². The van der Waals surface area contributed by atoms with Crippen LogP contribution >= 0.6 is 7.82 Å². The first kappa shape index (κ1) is 56.6. The lowest BCUT2D eigenvalue weighted by atomic mass is 9.88. The molecular formula is C46H82NO13P. The Morgan fingerprint density at radius 3 is 1.89 bits per heavy atom. The Balaban J connectivity index is 2.43. The van der Waals surface area contributed by atoms with Gasteiger partial charge < -0.3 is 35.4 Å². The Bertz CT molecular complexity index is 1290. The summed E-state index contributed by atoms with van der Waals surface area (Å²) in [6.45, 7) is 2.47. The number of allylic oxidation sites excluding steroid dienone is 3. The van der Waals surface area contributed by atoms with E-state index in [2.05, 4.69) is 30.5 Å². The molecule has 1 aliphatic carbocycles. The Morgan fingerprint density at radius 1 is 0.754 bits per heavy atom. The SMILES string of the molecule is CCCCCCCC/C=C\CCCCCCCCCC(=O)O[C@H](COC(=O)CCCCCC[C@H]1[C@@H](O)CC(=O)[C@@H]1/C=C/[C@@H](O)CCCCC)COP(=O)(O)OC[C@H](N)C(=O)O. The van der Waals surface area contributed by atoms with Gasteiger partial charge in [0.15, 0.2) is 6.10 Å². The van der Waals surface area contributed by atoms with Crippen molar-refractivity contribution in [3.05, 3.63) is 24.3 Å². The van der Waals surface area contributed by atoms with E-state index < -0.39 is 75.8 Å². The highest BCUT2D eigenvalue weighted by Gasteiger charge is 2.39. The number of carbonyl (C=O) groups is 4. The second-order valence-corrected chi connectivity index (χ2v) is 18.1. The Labute approximate surface area is 366 Å². The van der Waals surface area contributed by atoms with E-state index in [0.717, 1.165) is 64.2 Å². The van der Waals surface area contributed by atoms with Gasteiger partial charge in [0.25, 0.3) is 0 Å². The Hall–Kier alpha value is -2.45. The molecule has 0 aromatic heterocycles. The summed E-state index contributed by atoms with van der Waals surface area (Å²) in [7, 11) is -4.78. The lowest BCUT2D eigenvalue weighted by Crippen LogP contribution is -2.34. The molecule has 15 heteroatoms. The van der Waals surface area contributed by atoms with Crippen LogP contribution in [-0.2, 0) is 42.3 Å². The Morgan fingerprint density at radius 2 is 1.28 bits per heavy atom. The van der Waals surface area contributed by atoms with Crippen LogP contribution in [0.3, 0.4) is 0 Å². The summed E-state index contributed by atoms with van der Waals surface area (Å²) < 4.78 is 32.7. The number of carboxylic acid groups (broad SMARTS) is 1. The van der Waals surface area contributed by atoms with Gasteiger partial charge in [-0.2, -0.15) is 0 Å². The minimum atomic E-state index is -4.78. The number of aliphatic hydroxyl groups excluding tert-OH is 2. The second-order valence-electron chi connectivity index (χ2n) is 16.7. The third-order valence-electron chi connectivity index (χ3n) is 11.1. The van der Waals surface area contributed by atoms with Gasteiger partial charge in [-0.25, -0.2) is 4.57 Å². The fourth-order valence-electron chi connectivity index (χ4n) is 7.32. The number of hydrogen-bond acceptors (Lipinski definition) is 12. The van der Waals surface area contributed by atoms with Crippen LogP contribution in [0.2, 0.25) is 0 Å². The first-order chi connectivity index (χ1) is 29.3. The number of carbonyl (C=O) groups excluding carboxylic acids is 3. The molecule has 14 nitrogen and oxygen atoms in total. The first-order valence-corrected chi connectivity index (χ1v) is 25.0. The second kappa shape index (κ2) is 35.9. The van der Waals surface area contributed by atoms with Crippen molar-refractivity contribution < 1.29 is 62.5 Å². The summed E-state index contributed by atoms with van der Waals surface area (Å²) in [6, 6.07) is -1.56. The molecule has 1 unspecified atom stereocenters. The number of ketones is 1. The van der Waals surface area contributed by atoms with Crippen molar-refractivity contribution in [2.75, 3.05) is 19.8 Å². The number of nitrogens with two attached hydrogens (primary N) is 1. The minimum absolute atomic E-state index is 0.0166. The third kappa shape index (κ3) is 30.3. The molecule has 0 heterocycles. The van der Waals surface area contributed by atoms with Crippen molar-refractivity contribution >= 4 is 31.5 Å². The number of aliphatic carboxylic acids is 1. The summed E-state index contributed by atoms with van der Waals surface area (Å²) in [5.41, 5.74) is 5.34. The van der Waals surface area contributed by atoms with Gasteiger partial charge in [0.2, 0.25) is 0 Å². The molecule has 61 heavy (non-hydrogen) atoms. The number of hydrogen-bond donors (Lipinski definition) is 5. The summed E-state index contributed by atoms with van der Waals surface area (Å²) in [5, 5.41) is 29.7. The average molecular weight is 888 g/mol. The van der Waals surface area contributed by atoms with Gasteiger partial charge in [-0.1, -0.05) is 141 Å². The van der Waals surface area contributed by atoms with E-state index in [0.29, 0.717) is 32.1 Å². The van der Waals surface area contributed by atoms with Crippen LogP contribution in [0.1, 0.15) is 187 Å². The highest BCUT2D eigenvalue weighted by atomic mass is 31.2. The molecule has 0 amide bonds. The molecule has 0 radical (unpaired) electrons. The molecule has 0 spiro atoms. The van der Waals surface area contributed by atoms with Crippen LogP contribution in [0.4, 0.5) is 0 Å². The van der Waals surface area contributed by atoms with E-state index in [1.807, 2.05) is 0 Å². The number of unbranched alkanes of at least 4 members (excludes halogenated alkanes) is 18. The van der Waals surface area contributed by atoms with Gasteiger partial charge in [-0.05, 0) is 57.3 Å². The van der Waals surface area contributed by atoms with Crippen molar-refractivity contribution in [2.45, 2.75) is 212 Å². The zero-order valence-electron chi connectivity index (χ0n) is 37.5. The molecule has 0 aliphatic heterocycles. The predicted molar refractivity (Wildman–Crippen MR) is 236 cm³/mol. The number of carboxylic acids is 1. The number of aliphatic hydroxyl groups is 2. The highest BCUT2D eigenvalue weighted by molar-refractivity contribution is 7.47. The van der Waals surface area contributed by atoms with Gasteiger partial charge >= 0.3 is 25.7 Å². The fourth-order valence-corrected chi connectivity index (χ4v) is 8.10. The third-order valence-corrected chi connectivity index (χ3v) is 12.0. The minimum Gasteiger partial charge on any atom is -0.480 e. The molecule has 1 fully saturated rings. The maximum atomic E-state index is 12.7. The molecule has 0 bridgehead atoms. The molecule has 6 N–H and O–H groups in total. The zero-order valence-corrected chi connectivity index (χ0v) is 38.4. The summed E-state index contributed by atoms with van der Waals surface area (Å²) in [6.07, 6.45) is 30.0. The van der Waals surface area contributed by atoms with Crippen LogP contribution in [0.15, 0.2) is 24.3 Å². The summed E-state index contributed by atoms with van der Waals surface area (Å²) in [5.74, 6) is -3.20. The van der Waals surface area contributed by atoms with Gasteiger partial charge in [-0.3, -0.25) is 28.2 Å². The number of ether oxygens (including phenoxy) is 2. The van der Waals surface area contributed by atoms with E-state index in [-0.39, 0.29) is 31.0 Å². The van der Waals surface area contributed by atoms with Crippen LogP contribution in [0.5, 0.6) is 0 Å². The first-order valence-electron chi connectivity index (χ1n) is 23.5. The molecule has 0 saturated heterocycles. The maximum Gasteiger partial charge on any atom is 0.472 e. The lowest BCUT2D eigenvalue weighted by Gasteiger charge is -2.20. The molecule has 0 aromatic carbocycles. The van der Waals surface area contributed by atoms with Crippen LogP contribution in [0, 0.1) is 11.8 Å². The van der Waals surface area contributed by atoms with Gasteiger partial charge in [0.1, 0.15) is 18.4 Å². The van der Waals surface area contributed by atoms with E-state index in [1.165, 1.54) is 57.8 Å². The van der Waals surface area contributed by atoms with Crippen LogP contribution in [-0.4, -0.2) is 88.1 Å². The number of rotatable bonds is 40. The molecule has 7 atom stereocenters. The number of Topliss-reactive ketones (excluding diaryl/α,β-unsaturated/α-hetero) is 1. The topological polar surface area (TPSA) is 229 Å². The molecule has 1 rings (SSSR count). The quantitative estimate of drug-likeness (QED) is 0.0167. The largest absolute Gasteiger partial charge is 0.480 e. The van der Waals surface area contributed by atoms with Crippen molar-refractivity contribution in [2.24, 2.45) is 17.6 Å². The normalized spacial score (nSPS) is 19.3. The van der Waals surface area contributed by atoms with Crippen LogP contribution in [0.25, 0.3) is 0 Å². The van der Waals surface area contributed by atoms with Crippen molar-refractivity contribution in [3.8, 4) is 0 Å². The zero-order chi connectivity index (χ0) is 45.1. The maximum absolute atomic E-state index is 12.7. The molecular weight excluding hydrogens is 805 g/mol. The van der Waals surface area contributed by atoms with Crippen molar-refractivity contribution in [3.63, 3.8) is 0 Å². The molecule has 1 saturated carbocycles. The summed E-state index contributed by atoms with van der Waals surface area (Å²) >= 11 is 0. The standard InChI is InChI=1S/C46H82NO13P/c1-3-5-7-8-9-10-11-12-13-14-15-16-17-18-19-20-26-30-45(52)60-38(35-58-61(55,56)59-36-41(47)46(53)54)34-57-44(51)29-25-22-21-24-28-39-40(43(50)33-42(39)49)32-31-37(48)27-23-6-4-2/h12-13,31-32,37-42,48-49H,3-11,14-30,33-36,47H2,1-2H3,(H,53,54)(H,55,56)/b13-12-,32-31+/t37-,38+,39+,40+,41-,42-/m0/s1. The Kier molecular flexibility index (Phi) is 33.3. The van der Waals surface area contributed by atoms with E-state index in [4.69, 9.17) is 24.8 Å². The number of phosphoric ester groups is 1. The van der Waals surface area contributed by atoms with Crippen LogP contribution < -0.4 is 5.73 Å². The van der Waals surface area contributed by atoms with E-state index in [9.17, 15) is 38.8 Å². The highest BCUT2D eigenvalue weighted by Crippen LogP contribution is 2.43. The van der Waals surface area contributed by atoms with E-state index >= 15 is 0 Å². The van der Waals surface area contributed by atoms with Crippen molar-refractivity contribution in [1.82, 2.24) is 0 Å². The van der Waals surface area contributed by atoms with Crippen molar-refractivity contribution in [1.29, 1.82) is 0 Å². The monoisotopic (exact) mass is 888 g/mol.